The summed E-state index contributed by atoms with van der Waals surface area (Å²) < 4.78 is 0. The van der Waals surface area contributed by atoms with Gasteiger partial charge in [0.2, 0.25) is 0 Å². The van der Waals surface area contributed by atoms with Crippen LogP contribution in [0.15, 0.2) is 5.16 Å². The van der Waals surface area contributed by atoms with Crippen LogP contribution in [0.3, 0.4) is 0 Å². The van der Waals surface area contributed by atoms with Gasteiger partial charge in [0.15, 0.2) is 5.84 Å². The first-order chi connectivity index (χ1) is 8.69. The number of oxime groups is 1. The van der Waals surface area contributed by atoms with Crippen LogP contribution in [0.1, 0.15) is 32.6 Å². The minimum Gasteiger partial charge on any atom is -0.409 e. The van der Waals surface area contributed by atoms with Crippen molar-refractivity contribution in [3.05, 3.63) is 0 Å². The summed E-state index contributed by atoms with van der Waals surface area (Å²) in [7, 11) is 0. The lowest BCUT2D eigenvalue weighted by Gasteiger charge is -2.41. The van der Waals surface area contributed by atoms with Gasteiger partial charge in [-0.05, 0) is 31.6 Å². The number of nitrogens with two attached hydrogens (primary N) is 1. The molecule has 0 amide bonds. The molecule has 1 saturated carbocycles. The fourth-order valence-corrected chi connectivity index (χ4v) is 3.15. The minimum atomic E-state index is 0.315. The van der Waals surface area contributed by atoms with Crippen molar-refractivity contribution in [1.82, 2.24) is 9.80 Å². The van der Waals surface area contributed by atoms with Crippen molar-refractivity contribution in [2.75, 3.05) is 32.7 Å². The number of nitrogens with zero attached hydrogens (tertiary/aromatic N) is 3. The van der Waals surface area contributed by atoms with Crippen LogP contribution in [0.25, 0.3) is 0 Å². The molecular weight excluding hydrogens is 228 g/mol. The third-order valence-electron chi connectivity index (χ3n) is 4.42. The number of rotatable bonds is 3. The Balaban J connectivity index is 1.73. The highest BCUT2D eigenvalue weighted by atomic mass is 16.4. The normalized spacial score (nSPS) is 32.6. The van der Waals surface area contributed by atoms with Gasteiger partial charge in [0.05, 0.1) is 6.54 Å². The van der Waals surface area contributed by atoms with Crippen molar-refractivity contribution < 1.29 is 5.21 Å². The molecular formula is C13H26N4O. The van der Waals surface area contributed by atoms with Gasteiger partial charge < -0.3 is 10.9 Å². The summed E-state index contributed by atoms with van der Waals surface area (Å²) in [4.78, 5) is 4.89. The lowest BCUT2D eigenvalue weighted by Crippen LogP contribution is -2.52. The van der Waals surface area contributed by atoms with Crippen molar-refractivity contribution in [2.45, 2.75) is 38.6 Å². The lowest BCUT2D eigenvalue weighted by atomic mass is 9.86. The van der Waals surface area contributed by atoms with Crippen molar-refractivity contribution >= 4 is 5.84 Å². The summed E-state index contributed by atoms with van der Waals surface area (Å²) in [5.41, 5.74) is 5.54. The van der Waals surface area contributed by atoms with Gasteiger partial charge in [-0.25, -0.2) is 0 Å². The van der Waals surface area contributed by atoms with Crippen molar-refractivity contribution in [2.24, 2.45) is 16.8 Å². The van der Waals surface area contributed by atoms with E-state index in [2.05, 4.69) is 21.9 Å². The zero-order valence-corrected chi connectivity index (χ0v) is 11.4. The van der Waals surface area contributed by atoms with Gasteiger partial charge in [-0.15, -0.1) is 0 Å². The van der Waals surface area contributed by atoms with E-state index >= 15 is 0 Å². The molecule has 2 fully saturated rings. The molecule has 0 aromatic heterocycles. The predicted octanol–water partition coefficient (Wildman–Crippen LogP) is 0.929. The molecule has 3 N–H and O–H groups in total. The predicted molar refractivity (Wildman–Crippen MR) is 72.8 cm³/mol. The summed E-state index contributed by atoms with van der Waals surface area (Å²) in [6.07, 6.45) is 5.49. The molecule has 1 aliphatic heterocycles. The molecule has 0 radical (unpaired) electrons. The maximum absolute atomic E-state index is 8.57. The molecule has 0 aromatic carbocycles. The Morgan fingerprint density at radius 2 is 1.78 bits per heavy atom. The smallest absolute Gasteiger partial charge is 0.153 e. The monoisotopic (exact) mass is 254 g/mol. The number of amidine groups is 1. The Kier molecular flexibility index (Phi) is 4.83. The van der Waals surface area contributed by atoms with Crippen molar-refractivity contribution in [3.8, 4) is 0 Å². The zero-order valence-electron chi connectivity index (χ0n) is 11.4. The Hall–Kier alpha value is -0.810. The average Bonchev–Trinajstić information content (AvgIpc) is 2.40. The number of hydrogen-bond donors (Lipinski definition) is 2. The molecule has 104 valence electrons. The van der Waals surface area contributed by atoms with Crippen LogP contribution >= 0.6 is 0 Å². The molecule has 5 heteroatoms. The molecule has 0 bridgehead atoms. The van der Waals surface area contributed by atoms with Crippen molar-refractivity contribution in [3.63, 3.8) is 0 Å². The Labute approximate surface area is 110 Å². The van der Waals surface area contributed by atoms with Crippen LogP contribution in [0.4, 0.5) is 0 Å². The van der Waals surface area contributed by atoms with Crippen LogP contribution < -0.4 is 5.73 Å². The van der Waals surface area contributed by atoms with Gasteiger partial charge in [-0.1, -0.05) is 12.1 Å². The maximum atomic E-state index is 8.57. The molecule has 1 saturated heterocycles. The van der Waals surface area contributed by atoms with E-state index in [9.17, 15) is 0 Å². The second-order valence-electron chi connectivity index (χ2n) is 5.82. The minimum absolute atomic E-state index is 0.315. The highest BCUT2D eigenvalue weighted by molar-refractivity contribution is 5.81. The molecule has 18 heavy (non-hydrogen) atoms. The second-order valence-corrected chi connectivity index (χ2v) is 5.82. The van der Waals surface area contributed by atoms with Gasteiger partial charge in [0, 0.05) is 32.2 Å². The Morgan fingerprint density at radius 3 is 2.33 bits per heavy atom. The zero-order chi connectivity index (χ0) is 13.0. The van der Waals surface area contributed by atoms with Gasteiger partial charge >= 0.3 is 0 Å². The molecule has 0 atom stereocenters. The second kappa shape index (κ2) is 6.38. The van der Waals surface area contributed by atoms with Crippen LogP contribution in [-0.2, 0) is 0 Å². The van der Waals surface area contributed by atoms with E-state index in [-0.39, 0.29) is 0 Å². The fraction of sp³-hybridized carbons (Fsp3) is 0.923. The standard InChI is InChI=1S/C13H26N4O/c1-11-2-4-12(5-3-11)17-8-6-16(7-9-17)10-13(14)15-18/h11-12,18H,2-10H2,1H3,(H2,14,15). The van der Waals surface area contributed by atoms with Crippen LogP contribution in [-0.4, -0.2) is 59.6 Å². The fourth-order valence-electron chi connectivity index (χ4n) is 3.15. The first-order valence-electron chi connectivity index (χ1n) is 7.12. The van der Waals surface area contributed by atoms with E-state index in [4.69, 9.17) is 10.9 Å². The summed E-state index contributed by atoms with van der Waals surface area (Å²) in [5, 5.41) is 11.6. The lowest BCUT2D eigenvalue weighted by molar-refractivity contribution is 0.0784. The molecule has 1 heterocycles. The first-order valence-corrected chi connectivity index (χ1v) is 7.12. The quantitative estimate of drug-likeness (QED) is 0.340. The topological polar surface area (TPSA) is 65.1 Å². The highest BCUT2D eigenvalue weighted by Crippen LogP contribution is 2.27. The summed E-state index contributed by atoms with van der Waals surface area (Å²) in [5.74, 6) is 1.23. The van der Waals surface area contributed by atoms with Gasteiger partial charge in [-0.3, -0.25) is 9.80 Å². The van der Waals surface area contributed by atoms with Crippen LogP contribution in [0.2, 0.25) is 0 Å². The molecule has 2 aliphatic rings. The summed E-state index contributed by atoms with van der Waals surface area (Å²) in [6, 6.07) is 0.798. The van der Waals surface area contributed by atoms with Gasteiger partial charge in [0.1, 0.15) is 0 Å². The largest absolute Gasteiger partial charge is 0.409 e. The number of hydrogen-bond acceptors (Lipinski definition) is 4. The Morgan fingerprint density at radius 1 is 1.17 bits per heavy atom. The third-order valence-corrected chi connectivity index (χ3v) is 4.42. The molecule has 0 aromatic rings. The average molecular weight is 254 g/mol. The molecule has 0 spiro atoms. The SMILES string of the molecule is CC1CCC(N2CCN(CC(N)=NO)CC2)CC1. The summed E-state index contributed by atoms with van der Waals surface area (Å²) in [6.45, 7) is 7.26. The maximum Gasteiger partial charge on any atom is 0.153 e. The summed E-state index contributed by atoms with van der Waals surface area (Å²) >= 11 is 0. The van der Waals surface area contributed by atoms with E-state index in [0.717, 1.165) is 38.1 Å². The highest BCUT2D eigenvalue weighted by Gasteiger charge is 2.27. The van der Waals surface area contributed by atoms with Crippen LogP contribution in [0.5, 0.6) is 0 Å². The third kappa shape index (κ3) is 3.59. The van der Waals surface area contributed by atoms with E-state index in [1.807, 2.05) is 0 Å². The first kappa shape index (κ1) is 13.6. The molecule has 2 rings (SSSR count). The Bertz CT molecular complexity index is 279. The van der Waals surface area contributed by atoms with Gasteiger partial charge in [0.25, 0.3) is 0 Å². The van der Waals surface area contributed by atoms with E-state index in [1.54, 1.807) is 0 Å². The molecule has 0 unspecified atom stereocenters. The van der Waals surface area contributed by atoms with E-state index in [0.29, 0.717) is 12.4 Å². The van der Waals surface area contributed by atoms with E-state index < -0.39 is 0 Å². The van der Waals surface area contributed by atoms with E-state index in [1.165, 1.54) is 25.7 Å². The molecule has 5 nitrogen and oxygen atoms in total. The molecule has 1 aliphatic carbocycles. The van der Waals surface area contributed by atoms with Crippen LogP contribution in [0, 0.1) is 5.92 Å². The van der Waals surface area contributed by atoms with Crippen molar-refractivity contribution in [1.29, 1.82) is 0 Å². The number of piperazine rings is 1. The van der Waals surface area contributed by atoms with Gasteiger partial charge in [-0.2, -0.15) is 0 Å².